The summed E-state index contributed by atoms with van der Waals surface area (Å²) < 4.78 is 6.85. The van der Waals surface area contributed by atoms with E-state index in [2.05, 4.69) is 27.4 Å². The molecule has 0 aliphatic heterocycles. The van der Waals surface area contributed by atoms with Crippen molar-refractivity contribution in [2.75, 3.05) is 24.8 Å². The molecule has 1 heterocycles. The zero-order valence-electron chi connectivity index (χ0n) is 20.7. The Kier molecular flexibility index (Phi) is 9.66. The van der Waals surface area contributed by atoms with Gasteiger partial charge in [-0.3, -0.25) is 9.59 Å². The van der Waals surface area contributed by atoms with E-state index in [0.717, 1.165) is 23.2 Å². The molecule has 10 heteroatoms. The molecule has 0 fully saturated rings. The smallest absolute Gasteiger partial charge is 0.251 e. The number of allylic oxidation sites excluding steroid dienone is 1. The lowest BCUT2D eigenvalue weighted by Crippen LogP contribution is -2.33. The Morgan fingerprint density at radius 2 is 1.97 bits per heavy atom. The summed E-state index contributed by atoms with van der Waals surface area (Å²) in [7, 11) is 1.55. The Hall–Kier alpha value is -3.63. The third-order valence-corrected chi connectivity index (χ3v) is 6.51. The molecule has 0 saturated heterocycles. The van der Waals surface area contributed by atoms with E-state index >= 15 is 0 Å². The summed E-state index contributed by atoms with van der Waals surface area (Å²) in [5, 5.41) is 24.7. The number of thioether (sulfide) groups is 1. The van der Waals surface area contributed by atoms with Crippen LogP contribution in [0.4, 0.5) is 5.69 Å². The first kappa shape index (κ1) is 27.0. The Morgan fingerprint density at radius 3 is 2.61 bits per heavy atom. The van der Waals surface area contributed by atoms with Gasteiger partial charge in [-0.05, 0) is 48.7 Å². The number of hydrogen-bond acceptors (Lipinski definition) is 7. The average Bonchev–Trinajstić information content (AvgIpc) is 3.29. The van der Waals surface area contributed by atoms with Gasteiger partial charge in [0.1, 0.15) is 11.8 Å². The van der Waals surface area contributed by atoms with Crippen LogP contribution in [0, 0.1) is 6.92 Å². The zero-order valence-corrected chi connectivity index (χ0v) is 21.5. The molecule has 0 radical (unpaired) electrons. The molecule has 0 aliphatic carbocycles. The van der Waals surface area contributed by atoms with E-state index in [1.54, 1.807) is 42.0 Å². The molecule has 3 N–H and O–H groups in total. The second kappa shape index (κ2) is 12.9. The Bertz CT molecular complexity index is 1210. The van der Waals surface area contributed by atoms with Crippen molar-refractivity contribution < 1.29 is 19.4 Å². The van der Waals surface area contributed by atoms with Gasteiger partial charge in [-0.2, -0.15) is 0 Å². The van der Waals surface area contributed by atoms with E-state index in [0.29, 0.717) is 28.8 Å². The van der Waals surface area contributed by atoms with E-state index < -0.39 is 6.04 Å². The van der Waals surface area contributed by atoms with Crippen LogP contribution < -0.4 is 15.4 Å². The SMILES string of the molecule is C=CCn1c(SCC(=O)Nc2c(C)cccc2CC)nnc1[C@@H](CO)NC(=O)c1ccc(OC)cc1. The van der Waals surface area contributed by atoms with Gasteiger partial charge >= 0.3 is 0 Å². The summed E-state index contributed by atoms with van der Waals surface area (Å²) in [5.74, 6) is 0.590. The van der Waals surface area contributed by atoms with Crippen LogP contribution >= 0.6 is 11.8 Å². The van der Waals surface area contributed by atoms with Crippen molar-refractivity contribution in [3.8, 4) is 5.75 Å². The molecule has 9 nitrogen and oxygen atoms in total. The van der Waals surface area contributed by atoms with Crippen LogP contribution in [0.5, 0.6) is 5.75 Å². The van der Waals surface area contributed by atoms with Crippen molar-refractivity contribution in [3.63, 3.8) is 0 Å². The molecule has 190 valence electrons. The van der Waals surface area contributed by atoms with E-state index in [-0.39, 0.29) is 24.2 Å². The Labute approximate surface area is 215 Å². The first-order valence-corrected chi connectivity index (χ1v) is 12.5. The number of anilines is 1. The quantitative estimate of drug-likeness (QED) is 0.252. The van der Waals surface area contributed by atoms with Gasteiger partial charge in [0.25, 0.3) is 5.91 Å². The molecule has 0 unspecified atom stereocenters. The summed E-state index contributed by atoms with van der Waals surface area (Å²) in [6.07, 6.45) is 2.48. The molecule has 1 atom stereocenters. The van der Waals surface area contributed by atoms with Crippen LogP contribution in [-0.2, 0) is 17.8 Å². The number of carbonyl (C=O) groups is 2. The minimum atomic E-state index is -0.797. The second-order valence-corrected chi connectivity index (χ2v) is 8.92. The number of aromatic nitrogens is 3. The van der Waals surface area contributed by atoms with Crippen LogP contribution in [0.15, 0.2) is 60.3 Å². The maximum atomic E-state index is 12.7. The van der Waals surface area contributed by atoms with Crippen molar-refractivity contribution in [2.24, 2.45) is 0 Å². The topological polar surface area (TPSA) is 118 Å². The first-order chi connectivity index (χ1) is 17.4. The standard InChI is InChI=1S/C26H31N5O4S/c1-5-14-31-24(21(15-32)27-25(34)19-10-12-20(35-4)13-11-19)29-30-26(31)36-16-22(33)28-23-17(3)8-7-9-18(23)6-2/h5,7-13,21,32H,1,6,14-16H2,2-4H3,(H,27,34)(H,28,33)/t21-/m1/s1. The number of ether oxygens (including phenoxy) is 1. The zero-order chi connectivity index (χ0) is 26.1. The molecule has 2 amide bonds. The molecule has 0 saturated carbocycles. The number of benzene rings is 2. The van der Waals surface area contributed by atoms with Crippen molar-refractivity contribution in [3.05, 3.63) is 77.6 Å². The van der Waals surface area contributed by atoms with E-state index in [1.165, 1.54) is 11.8 Å². The maximum absolute atomic E-state index is 12.7. The molecule has 0 bridgehead atoms. The van der Waals surface area contributed by atoms with Gasteiger partial charge in [-0.15, -0.1) is 16.8 Å². The summed E-state index contributed by atoms with van der Waals surface area (Å²) in [4.78, 5) is 25.4. The van der Waals surface area contributed by atoms with Crippen LogP contribution in [0.25, 0.3) is 0 Å². The van der Waals surface area contributed by atoms with Gasteiger partial charge in [0.15, 0.2) is 11.0 Å². The van der Waals surface area contributed by atoms with Gasteiger partial charge < -0.3 is 25.0 Å². The highest BCUT2D eigenvalue weighted by Gasteiger charge is 2.23. The molecule has 36 heavy (non-hydrogen) atoms. The number of nitrogens with zero attached hydrogens (tertiary/aromatic N) is 3. The van der Waals surface area contributed by atoms with Gasteiger partial charge in [-0.25, -0.2) is 0 Å². The molecule has 2 aromatic carbocycles. The normalized spacial score (nSPS) is 11.6. The third kappa shape index (κ3) is 6.52. The lowest BCUT2D eigenvalue weighted by molar-refractivity contribution is -0.113. The van der Waals surface area contributed by atoms with Crippen LogP contribution in [0.1, 0.15) is 40.3 Å². The number of aliphatic hydroxyl groups is 1. The Balaban J connectivity index is 1.72. The predicted molar refractivity (Wildman–Crippen MR) is 140 cm³/mol. The first-order valence-electron chi connectivity index (χ1n) is 11.5. The second-order valence-electron chi connectivity index (χ2n) is 7.98. The van der Waals surface area contributed by atoms with Gasteiger partial charge in [-0.1, -0.05) is 43.0 Å². The maximum Gasteiger partial charge on any atom is 0.251 e. The van der Waals surface area contributed by atoms with Gasteiger partial charge in [0.05, 0.1) is 19.5 Å². The molecule has 0 aliphatic rings. The van der Waals surface area contributed by atoms with Crippen molar-refractivity contribution in [1.82, 2.24) is 20.1 Å². The molecule has 1 aromatic heterocycles. The number of nitrogens with one attached hydrogen (secondary N) is 2. The van der Waals surface area contributed by atoms with Crippen molar-refractivity contribution >= 4 is 29.3 Å². The third-order valence-electron chi connectivity index (χ3n) is 5.55. The highest BCUT2D eigenvalue weighted by molar-refractivity contribution is 7.99. The predicted octanol–water partition coefficient (Wildman–Crippen LogP) is 3.54. The lowest BCUT2D eigenvalue weighted by Gasteiger charge is -2.17. The number of carbonyl (C=O) groups excluding carboxylic acids is 2. The number of aliphatic hydroxyl groups excluding tert-OH is 1. The molecular formula is C26H31N5O4S. The number of para-hydroxylation sites is 1. The number of rotatable bonds is 12. The van der Waals surface area contributed by atoms with E-state index in [9.17, 15) is 14.7 Å². The highest BCUT2D eigenvalue weighted by Crippen LogP contribution is 2.24. The molecule has 3 aromatic rings. The van der Waals surface area contributed by atoms with E-state index in [1.807, 2.05) is 32.0 Å². The summed E-state index contributed by atoms with van der Waals surface area (Å²) in [5.41, 5.74) is 3.32. The number of amides is 2. The van der Waals surface area contributed by atoms with Gasteiger partial charge in [0.2, 0.25) is 5.91 Å². The average molecular weight is 510 g/mol. The number of hydrogen-bond donors (Lipinski definition) is 3. The summed E-state index contributed by atoms with van der Waals surface area (Å²) in [6, 6.07) is 11.8. The highest BCUT2D eigenvalue weighted by atomic mass is 32.2. The van der Waals surface area contributed by atoms with Crippen molar-refractivity contribution in [2.45, 2.75) is 38.0 Å². The molecular weight excluding hydrogens is 478 g/mol. The fourth-order valence-corrected chi connectivity index (χ4v) is 4.40. The fraction of sp³-hybridized carbons (Fsp3) is 0.308. The van der Waals surface area contributed by atoms with Crippen LogP contribution in [-0.4, -0.2) is 51.2 Å². The number of aryl methyl sites for hydroxylation is 2. The lowest BCUT2D eigenvalue weighted by atomic mass is 10.1. The molecule has 0 spiro atoms. The summed E-state index contributed by atoms with van der Waals surface area (Å²) >= 11 is 1.22. The summed E-state index contributed by atoms with van der Waals surface area (Å²) in [6.45, 7) is 7.76. The van der Waals surface area contributed by atoms with Crippen LogP contribution in [0.2, 0.25) is 0 Å². The fourth-order valence-electron chi connectivity index (χ4n) is 3.65. The van der Waals surface area contributed by atoms with Gasteiger partial charge in [0, 0.05) is 17.8 Å². The monoisotopic (exact) mass is 509 g/mol. The Morgan fingerprint density at radius 1 is 1.22 bits per heavy atom. The number of methoxy groups -OCH3 is 1. The van der Waals surface area contributed by atoms with E-state index in [4.69, 9.17) is 4.74 Å². The van der Waals surface area contributed by atoms with Crippen molar-refractivity contribution in [1.29, 1.82) is 0 Å². The minimum Gasteiger partial charge on any atom is -0.497 e. The van der Waals surface area contributed by atoms with Crippen LogP contribution in [0.3, 0.4) is 0 Å². The molecule has 3 rings (SSSR count). The minimum absolute atomic E-state index is 0.120. The largest absolute Gasteiger partial charge is 0.497 e.